The van der Waals surface area contributed by atoms with Gasteiger partial charge >= 0.3 is 5.97 Å². The number of hydrogen-bond donors (Lipinski definition) is 2. The highest BCUT2D eigenvalue weighted by molar-refractivity contribution is 9.08. The van der Waals surface area contributed by atoms with Crippen molar-refractivity contribution in [3.63, 3.8) is 0 Å². The summed E-state index contributed by atoms with van der Waals surface area (Å²) in [5, 5.41) is 21.6. The quantitative estimate of drug-likeness (QED) is 0.332. The number of likely N-dealkylation sites (tertiary alicyclic amines) is 1. The topological polar surface area (TPSA) is 115 Å². The van der Waals surface area contributed by atoms with Crippen molar-refractivity contribution in [2.45, 2.75) is 76.4 Å². The van der Waals surface area contributed by atoms with Gasteiger partial charge in [-0.2, -0.15) is 10.5 Å². The molecule has 0 radical (unpaired) electrons. The zero-order valence-electron chi connectivity index (χ0n) is 24.2. The van der Waals surface area contributed by atoms with Gasteiger partial charge in [-0.3, -0.25) is 9.69 Å². The average molecular weight is 611 g/mol. The van der Waals surface area contributed by atoms with E-state index in [1.165, 1.54) is 6.42 Å². The third-order valence-electron chi connectivity index (χ3n) is 6.63. The van der Waals surface area contributed by atoms with E-state index >= 15 is 0 Å². The fourth-order valence-corrected chi connectivity index (χ4v) is 5.20. The molecule has 2 atom stereocenters. The number of carbonyl (C=O) groups is 1. The summed E-state index contributed by atoms with van der Waals surface area (Å²) < 4.78 is 5.27. The van der Waals surface area contributed by atoms with Crippen molar-refractivity contribution in [3.05, 3.63) is 70.8 Å². The van der Waals surface area contributed by atoms with Gasteiger partial charge in [-0.25, -0.2) is 0 Å². The molecule has 2 saturated heterocycles. The van der Waals surface area contributed by atoms with E-state index in [4.69, 9.17) is 21.0 Å². The number of nitrogens with one attached hydrogen (secondary N) is 1. The second-order valence-electron chi connectivity index (χ2n) is 11.3. The Bertz CT molecular complexity index is 1130. The van der Waals surface area contributed by atoms with Crippen LogP contribution in [0, 0.1) is 28.6 Å². The Morgan fingerprint density at radius 3 is 2.20 bits per heavy atom. The lowest BCUT2D eigenvalue weighted by molar-refractivity contribution is -0.156. The SMILES string of the molecule is CC(C)(C)OC(=O)C[C@@H]1CCCNC1.N#Cc1ccccc1CBr.N#Cc1ccccc1CN1CCC[C@@H](N)C1. The summed E-state index contributed by atoms with van der Waals surface area (Å²) in [4.78, 5) is 13.8. The summed E-state index contributed by atoms with van der Waals surface area (Å²) >= 11 is 3.30. The van der Waals surface area contributed by atoms with Gasteiger partial charge in [0.15, 0.2) is 0 Å². The number of nitrogens with two attached hydrogens (primary N) is 1. The fourth-order valence-electron chi connectivity index (χ4n) is 4.71. The van der Waals surface area contributed by atoms with Gasteiger partial charge in [0.1, 0.15) is 5.60 Å². The average Bonchev–Trinajstić information content (AvgIpc) is 2.93. The maximum Gasteiger partial charge on any atom is 0.306 e. The van der Waals surface area contributed by atoms with E-state index in [1.807, 2.05) is 69.3 Å². The highest BCUT2D eigenvalue weighted by Gasteiger charge is 2.21. The van der Waals surface area contributed by atoms with Crippen molar-refractivity contribution in [1.29, 1.82) is 10.5 Å². The minimum atomic E-state index is -0.348. The number of carbonyl (C=O) groups excluding carboxylic acids is 1. The molecule has 8 heteroatoms. The van der Waals surface area contributed by atoms with E-state index in [2.05, 4.69) is 38.3 Å². The molecule has 2 aliphatic heterocycles. The third-order valence-corrected chi connectivity index (χ3v) is 7.23. The van der Waals surface area contributed by atoms with Gasteiger partial charge < -0.3 is 15.8 Å². The number of nitriles is 2. The smallest absolute Gasteiger partial charge is 0.306 e. The first-order valence-electron chi connectivity index (χ1n) is 14.1. The number of ether oxygens (including phenoxy) is 1. The van der Waals surface area contributed by atoms with E-state index in [-0.39, 0.29) is 11.6 Å². The lowest BCUT2D eigenvalue weighted by atomic mass is 9.96. The Balaban J connectivity index is 0.000000216. The first-order chi connectivity index (χ1) is 19.1. The Labute approximate surface area is 248 Å². The molecular weight excluding hydrogens is 566 g/mol. The summed E-state index contributed by atoms with van der Waals surface area (Å²) in [6.07, 6.45) is 5.16. The second-order valence-corrected chi connectivity index (χ2v) is 11.9. The molecule has 2 aliphatic rings. The van der Waals surface area contributed by atoms with Gasteiger partial charge in [0.2, 0.25) is 0 Å². The molecule has 0 amide bonds. The summed E-state index contributed by atoms with van der Waals surface area (Å²) in [6, 6.07) is 20.0. The number of rotatable bonds is 5. The van der Waals surface area contributed by atoms with Gasteiger partial charge in [-0.15, -0.1) is 0 Å². The number of nitrogens with zero attached hydrogens (tertiary/aromatic N) is 3. The summed E-state index contributed by atoms with van der Waals surface area (Å²) in [5.41, 5.74) is 9.28. The van der Waals surface area contributed by atoms with Gasteiger partial charge in [0.25, 0.3) is 0 Å². The molecule has 3 N–H and O–H groups in total. The van der Waals surface area contributed by atoms with Crippen LogP contribution in [0.2, 0.25) is 0 Å². The standard InChI is InChI=1S/C13H17N3.C11H21NO2.C8H6BrN/c14-8-11-4-1-2-5-12(11)9-16-7-3-6-13(15)10-16;1-11(2,3)14-10(13)7-9-5-4-6-12-8-9;9-5-7-3-1-2-4-8(7)6-10/h1-2,4-5,13H,3,6-7,9-10,15H2;9,12H,4-8H2,1-3H3;1-4H,5H2/t13-;9-;/m10./s1. The Morgan fingerprint density at radius 1 is 1.05 bits per heavy atom. The number of esters is 1. The highest BCUT2D eigenvalue weighted by atomic mass is 79.9. The van der Waals surface area contributed by atoms with Crippen molar-refractivity contribution < 1.29 is 9.53 Å². The molecule has 0 saturated carbocycles. The van der Waals surface area contributed by atoms with Crippen molar-refractivity contribution in [2.24, 2.45) is 11.7 Å². The van der Waals surface area contributed by atoms with Crippen LogP contribution in [-0.2, 0) is 21.4 Å². The largest absolute Gasteiger partial charge is 0.460 e. The molecule has 0 spiro atoms. The molecule has 7 nitrogen and oxygen atoms in total. The summed E-state index contributed by atoms with van der Waals surface area (Å²) in [6.45, 7) is 10.6. The van der Waals surface area contributed by atoms with Crippen molar-refractivity contribution in [1.82, 2.24) is 10.2 Å². The summed E-state index contributed by atoms with van der Waals surface area (Å²) in [5.74, 6) is 0.407. The van der Waals surface area contributed by atoms with Gasteiger partial charge in [0, 0.05) is 30.9 Å². The van der Waals surface area contributed by atoms with Crippen LogP contribution in [0.25, 0.3) is 0 Å². The molecule has 2 aromatic carbocycles. The molecular formula is C32H44BrN5O2. The van der Waals surface area contributed by atoms with Crippen LogP contribution in [0.1, 0.15) is 75.1 Å². The molecule has 40 heavy (non-hydrogen) atoms. The van der Waals surface area contributed by atoms with E-state index in [0.29, 0.717) is 18.4 Å². The number of piperidine rings is 2. The molecule has 0 aliphatic carbocycles. The van der Waals surface area contributed by atoms with E-state index in [0.717, 1.165) is 79.6 Å². The fraction of sp³-hybridized carbons (Fsp3) is 0.531. The van der Waals surface area contributed by atoms with E-state index in [1.54, 1.807) is 0 Å². The Kier molecular flexibility index (Phi) is 14.9. The monoisotopic (exact) mass is 609 g/mol. The molecule has 2 heterocycles. The minimum Gasteiger partial charge on any atom is -0.460 e. The third kappa shape index (κ3) is 13.1. The lowest BCUT2D eigenvalue weighted by Gasteiger charge is -2.30. The van der Waals surface area contributed by atoms with Crippen LogP contribution in [-0.4, -0.2) is 48.7 Å². The van der Waals surface area contributed by atoms with Crippen molar-refractivity contribution in [2.75, 3.05) is 26.2 Å². The maximum atomic E-state index is 11.5. The number of alkyl halides is 1. The molecule has 4 rings (SSSR count). The van der Waals surface area contributed by atoms with Crippen LogP contribution in [0.4, 0.5) is 0 Å². The van der Waals surface area contributed by atoms with E-state index in [9.17, 15) is 4.79 Å². The lowest BCUT2D eigenvalue weighted by Crippen LogP contribution is -2.42. The minimum absolute atomic E-state index is 0.0637. The molecule has 2 fully saturated rings. The van der Waals surface area contributed by atoms with Crippen LogP contribution in [0.15, 0.2) is 48.5 Å². The van der Waals surface area contributed by atoms with Crippen LogP contribution in [0.5, 0.6) is 0 Å². The molecule has 2 aromatic rings. The van der Waals surface area contributed by atoms with E-state index < -0.39 is 0 Å². The number of hydrogen-bond acceptors (Lipinski definition) is 7. The van der Waals surface area contributed by atoms with Gasteiger partial charge in [-0.05, 0) is 95.3 Å². The number of benzene rings is 2. The van der Waals surface area contributed by atoms with Crippen LogP contribution < -0.4 is 11.1 Å². The normalized spacial score (nSPS) is 19.0. The first-order valence-corrected chi connectivity index (χ1v) is 15.2. The predicted molar refractivity (Wildman–Crippen MR) is 163 cm³/mol. The molecule has 216 valence electrons. The molecule has 0 bridgehead atoms. The van der Waals surface area contributed by atoms with Crippen LogP contribution >= 0.6 is 15.9 Å². The first kappa shape index (κ1) is 33.5. The van der Waals surface area contributed by atoms with Crippen molar-refractivity contribution in [3.8, 4) is 12.1 Å². The van der Waals surface area contributed by atoms with Gasteiger partial charge in [-0.1, -0.05) is 52.3 Å². The second kappa shape index (κ2) is 17.8. The molecule has 0 aromatic heterocycles. The zero-order valence-corrected chi connectivity index (χ0v) is 25.8. The maximum absolute atomic E-state index is 11.5. The predicted octanol–water partition coefficient (Wildman–Crippen LogP) is 5.65. The highest BCUT2D eigenvalue weighted by Crippen LogP contribution is 2.17. The zero-order chi connectivity index (χ0) is 29.4. The number of halogens is 1. The Morgan fingerprint density at radius 2 is 1.68 bits per heavy atom. The molecule has 0 unspecified atom stereocenters. The summed E-state index contributed by atoms with van der Waals surface area (Å²) in [7, 11) is 0. The van der Waals surface area contributed by atoms with Gasteiger partial charge in [0.05, 0.1) is 23.3 Å². The van der Waals surface area contributed by atoms with Crippen molar-refractivity contribution >= 4 is 21.9 Å². The Hall–Kier alpha value is -2.75. The van der Waals surface area contributed by atoms with Crippen LogP contribution in [0.3, 0.4) is 0 Å².